The van der Waals surface area contributed by atoms with Crippen molar-refractivity contribution in [3.05, 3.63) is 0 Å². The van der Waals surface area contributed by atoms with Crippen LogP contribution in [0.4, 0.5) is 4.79 Å². The average molecular weight is 345 g/mol. The number of sulfone groups is 1. The first kappa shape index (κ1) is 21.3. The molecule has 0 aromatic rings. The van der Waals surface area contributed by atoms with E-state index in [1.54, 1.807) is 0 Å². The second kappa shape index (κ2) is 10.2. The van der Waals surface area contributed by atoms with Crippen LogP contribution in [-0.4, -0.2) is 45.6 Å². The fourth-order valence-corrected chi connectivity index (χ4v) is 2.55. The van der Waals surface area contributed by atoms with Crippen molar-refractivity contribution >= 4 is 21.9 Å². The van der Waals surface area contributed by atoms with E-state index in [4.69, 9.17) is 4.74 Å². The fraction of sp³-hybridized carbons (Fsp3) is 0.833. The summed E-state index contributed by atoms with van der Waals surface area (Å²) < 4.78 is 26.4. The molecule has 1 rings (SSSR count). The molecule has 7 nitrogen and oxygen atoms in total. The zero-order chi connectivity index (χ0) is 15.2. The Morgan fingerprint density at radius 3 is 2.29 bits per heavy atom. The largest absolute Gasteiger partial charge is 1.00 e. The smallest absolute Gasteiger partial charge is 0.550 e. The van der Waals surface area contributed by atoms with Gasteiger partial charge < -0.3 is 20.0 Å². The molecule has 9 heteroatoms. The van der Waals surface area contributed by atoms with E-state index >= 15 is 0 Å². The maximum Gasteiger partial charge on any atom is 1.00 e. The van der Waals surface area contributed by atoms with Crippen LogP contribution in [0.15, 0.2) is 0 Å². The van der Waals surface area contributed by atoms with E-state index in [1.165, 1.54) is 0 Å². The molecular weight excluding hydrogens is 325 g/mol. The number of ether oxygens (including phenoxy) is 1. The van der Waals surface area contributed by atoms with Gasteiger partial charge in [0.05, 0.1) is 5.75 Å². The fourth-order valence-electron chi connectivity index (χ4n) is 2.17. The molecule has 0 heterocycles. The molecule has 0 saturated heterocycles. The van der Waals surface area contributed by atoms with Crippen molar-refractivity contribution in [1.82, 2.24) is 5.32 Å². The molecule has 0 aromatic heterocycles. The Hall–Kier alpha value is 0.326. The number of amides is 1. The molecule has 1 saturated carbocycles. The summed E-state index contributed by atoms with van der Waals surface area (Å²) in [5, 5.41) is 13.2. The van der Waals surface area contributed by atoms with Crippen LogP contribution in [0.1, 0.15) is 25.7 Å². The van der Waals surface area contributed by atoms with Crippen LogP contribution < -0.4 is 61.8 Å². The molecule has 0 atom stereocenters. The molecule has 1 fully saturated rings. The van der Waals surface area contributed by atoms with Crippen LogP contribution in [0.2, 0.25) is 0 Å². The molecule has 0 aromatic carbocycles. The number of carboxylic acid groups (broad SMARTS) is 1. The summed E-state index contributed by atoms with van der Waals surface area (Å²) in [5.74, 6) is -1.35. The summed E-state index contributed by atoms with van der Waals surface area (Å²) in [4.78, 5) is 22.0. The van der Waals surface area contributed by atoms with Crippen molar-refractivity contribution in [1.29, 1.82) is 0 Å². The first-order valence-corrected chi connectivity index (χ1v) is 8.63. The Morgan fingerprint density at radius 2 is 1.81 bits per heavy atom. The molecule has 0 unspecified atom stereocenters. The Kier molecular flexibility index (Phi) is 10.3. The quantitative estimate of drug-likeness (QED) is 0.496. The second-order valence-electron chi connectivity index (χ2n) is 5.18. The van der Waals surface area contributed by atoms with Gasteiger partial charge in [0, 0.05) is 18.8 Å². The molecule has 1 amide bonds. The number of carbonyl (C=O) groups is 2. The van der Waals surface area contributed by atoms with Crippen molar-refractivity contribution < 1.29 is 79.2 Å². The summed E-state index contributed by atoms with van der Waals surface area (Å²) in [6.07, 6.45) is 3.01. The van der Waals surface area contributed by atoms with E-state index in [0.717, 1.165) is 19.1 Å². The third kappa shape index (κ3) is 9.85. The molecule has 0 bridgehead atoms. The minimum absolute atomic E-state index is 0. The monoisotopic (exact) mass is 345 g/mol. The van der Waals surface area contributed by atoms with Crippen LogP contribution in [0.25, 0.3) is 0 Å². The van der Waals surface area contributed by atoms with Gasteiger partial charge in [0.1, 0.15) is 6.61 Å². The molecule has 0 radical (unpaired) electrons. The minimum atomic E-state index is -3.14. The van der Waals surface area contributed by atoms with Crippen LogP contribution in [0, 0.1) is 11.8 Å². The van der Waals surface area contributed by atoms with Gasteiger partial charge in [-0.15, -0.1) is 0 Å². The number of aliphatic carboxylic acids is 1. The number of carbonyl (C=O) groups excluding carboxylic acids is 2. The zero-order valence-electron chi connectivity index (χ0n) is 12.5. The van der Waals surface area contributed by atoms with E-state index in [1.807, 2.05) is 0 Å². The van der Waals surface area contributed by atoms with Crippen molar-refractivity contribution in [3.63, 3.8) is 0 Å². The molecule has 1 aliphatic rings. The summed E-state index contributed by atoms with van der Waals surface area (Å²) >= 11 is 0. The third-order valence-electron chi connectivity index (χ3n) is 3.40. The molecule has 0 aliphatic heterocycles. The summed E-state index contributed by atoms with van der Waals surface area (Å²) in [6.45, 7) is 0.250. The molecule has 1 N–H and O–H groups in total. The van der Waals surface area contributed by atoms with Gasteiger partial charge in [-0.1, -0.05) is 0 Å². The summed E-state index contributed by atoms with van der Waals surface area (Å²) in [6, 6.07) is 0. The molecule has 116 valence electrons. The first-order chi connectivity index (χ1) is 9.28. The second-order valence-corrected chi connectivity index (χ2v) is 7.44. The number of alkyl carbamates (subject to hydrolysis) is 1. The van der Waals surface area contributed by atoms with Gasteiger partial charge in [-0.25, -0.2) is 13.2 Å². The third-order valence-corrected chi connectivity index (χ3v) is 4.31. The standard InChI is InChI=1S/C12H21NO6S.K/c1-20(17,18)7-6-19-12(16)13-8-9-2-4-10(5-3-9)11(14)15;/h9-10H,2-8H2,1H3,(H,13,16)(H,14,15);/q;+1/p-1/t9-,10-;. The van der Waals surface area contributed by atoms with Gasteiger partial charge in [0.2, 0.25) is 0 Å². The predicted molar refractivity (Wildman–Crippen MR) is 69.5 cm³/mol. The average Bonchev–Trinajstić information content (AvgIpc) is 2.35. The van der Waals surface area contributed by atoms with Crippen molar-refractivity contribution in [2.75, 3.05) is 25.2 Å². The van der Waals surface area contributed by atoms with Crippen molar-refractivity contribution in [3.8, 4) is 0 Å². The van der Waals surface area contributed by atoms with E-state index in [-0.39, 0.29) is 75.6 Å². The predicted octanol–water partition coefficient (Wildman–Crippen LogP) is -3.68. The number of carboxylic acids is 1. The van der Waals surface area contributed by atoms with Gasteiger partial charge in [0.15, 0.2) is 9.84 Å². The first-order valence-electron chi connectivity index (χ1n) is 6.57. The topological polar surface area (TPSA) is 113 Å². The van der Waals surface area contributed by atoms with Gasteiger partial charge in [-0.05, 0) is 37.5 Å². The molecule has 0 spiro atoms. The number of nitrogens with one attached hydrogen (secondary N) is 1. The van der Waals surface area contributed by atoms with Gasteiger partial charge in [-0.2, -0.15) is 0 Å². The van der Waals surface area contributed by atoms with Gasteiger partial charge in [0.25, 0.3) is 0 Å². The Morgan fingerprint density at radius 1 is 1.24 bits per heavy atom. The molecule has 21 heavy (non-hydrogen) atoms. The summed E-state index contributed by atoms with van der Waals surface area (Å²) in [5.41, 5.74) is 0. The summed E-state index contributed by atoms with van der Waals surface area (Å²) in [7, 11) is -3.14. The molecular formula is C12H20KNO6S. The maximum absolute atomic E-state index is 11.3. The van der Waals surface area contributed by atoms with E-state index in [2.05, 4.69) is 5.32 Å². The van der Waals surface area contributed by atoms with Gasteiger partial charge in [-0.3, -0.25) is 0 Å². The van der Waals surface area contributed by atoms with Crippen LogP contribution in [0.3, 0.4) is 0 Å². The molecule has 1 aliphatic carbocycles. The van der Waals surface area contributed by atoms with Crippen LogP contribution >= 0.6 is 0 Å². The Balaban J connectivity index is 0.00000400. The SMILES string of the molecule is CS(=O)(=O)CCOC(=O)NC[C@H]1CC[C@H](C(=O)[O-])CC1.[K+]. The van der Waals surface area contributed by atoms with Crippen molar-refractivity contribution in [2.45, 2.75) is 25.7 Å². The van der Waals surface area contributed by atoms with Crippen LogP contribution in [0.5, 0.6) is 0 Å². The number of hydrogen-bond donors (Lipinski definition) is 1. The van der Waals surface area contributed by atoms with E-state index < -0.39 is 21.9 Å². The Labute approximate surface area is 167 Å². The number of rotatable bonds is 6. The van der Waals surface area contributed by atoms with E-state index in [9.17, 15) is 23.1 Å². The Bertz CT molecular complexity index is 445. The minimum Gasteiger partial charge on any atom is -0.550 e. The normalized spacial score (nSPS) is 22.0. The zero-order valence-corrected chi connectivity index (χ0v) is 16.4. The van der Waals surface area contributed by atoms with Crippen molar-refractivity contribution in [2.24, 2.45) is 11.8 Å². The van der Waals surface area contributed by atoms with E-state index in [0.29, 0.717) is 19.4 Å². The van der Waals surface area contributed by atoms with Gasteiger partial charge >= 0.3 is 57.5 Å². The number of hydrogen-bond acceptors (Lipinski definition) is 6. The van der Waals surface area contributed by atoms with Crippen LogP contribution in [-0.2, 0) is 19.4 Å². The maximum atomic E-state index is 11.3.